The molecule has 0 saturated heterocycles. The van der Waals surface area contributed by atoms with Gasteiger partial charge >= 0.3 is 0 Å². The van der Waals surface area contributed by atoms with Crippen LogP contribution < -0.4 is 4.74 Å². The SMILES string of the molecule is C=CCC=C=Cc1ccc(OC)cc1. The highest BCUT2D eigenvalue weighted by Gasteiger charge is 1.88. The first-order chi connectivity index (χ1) is 6.86. The van der Waals surface area contributed by atoms with E-state index in [-0.39, 0.29) is 0 Å². The van der Waals surface area contributed by atoms with Crippen LogP contribution in [0.15, 0.2) is 48.7 Å². The monoisotopic (exact) mass is 186 g/mol. The van der Waals surface area contributed by atoms with Gasteiger partial charge in [0.15, 0.2) is 0 Å². The summed E-state index contributed by atoms with van der Waals surface area (Å²) in [5, 5.41) is 0. The van der Waals surface area contributed by atoms with Crippen molar-refractivity contribution in [3.05, 3.63) is 54.3 Å². The van der Waals surface area contributed by atoms with Gasteiger partial charge in [0.05, 0.1) is 7.11 Å². The van der Waals surface area contributed by atoms with E-state index in [1.807, 2.05) is 42.5 Å². The Morgan fingerprint density at radius 3 is 2.64 bits per heavy atom. The highest BCUT2D eigenvalue weighted by Crippen LogP contribution is 2.11. The molecule has 0 heterocycles. The molecule has 0 spiro atoms. The zero-order valence-corrected chi connectivity index (χ0v) is 8.36. The lowest BCUT2D eigenvalue weighted by Crippen LogP contribution is -1.80. The van der Waals surface area contributed by atoms with Crippen molar-refractivity contribution in [2.75, 3.05) is 7.11 Å². The average Bonchev–Trinajstić information content (AvgIpc) is 2.25. The van der Waals surface area contributed by atoms with Crippen LogP contribution in [0.25, 0.3) is 6.08 Å². The molecule has 0 radical (unpaired) electrons. The molecule has 1 aromatic carbocycles. The van der Waals surface area contributed by atoms with Crippen LogP contribution in [0.2, 0.25) is 0 Å². The second-order valence-electron chi connectivity index (χ2n) is 2.81. The molecule has 14 heavy (non-hydrogen) atoms. The molecule has 0 aromatic heterocycles. The molecule has 0 fully saturated rings. The molecule has 0 saturated carbocycles. The summed E-state index contributed by atoms with van der Waals surface area (Å²) in [5.41, 5.74) is 4.19. The van der Waals surface area contributed by atoms with Crippen molar-refractivity contribution in [3.8, 4) is 5.75 Å². The third-order valence-electron chi connectivity index (χ3n) is 1.77. The zero-order valence-electron chi connectivity index (χ0n) is 8.36. The number of ether oxygens (including phenoxy) is 1. The largest absolute Gasteiger partial charge is 0.497 e. The molecule has 1 rings (SSSR count). The summed E-state index contributed by atoms with van der Waals surface area (Å²) in [6, 6.07) is 7.85. The summed E-state index contributed by atoms with van der Waals surface area (Å²) >= 11 is 0. The fourth-order valence-corrected chi connectivity index (χ4v) is 1.01. The molecule has 0 amide bonds. The van der Waals surface area contributed by atoms with Gasteiger partial charge in [0.25, 0.3) is 0 Å². The maximum atomic E-state index is 5.06. The van der Waals surface area contributed by atoms with Gasteiger partial charge in [-0.15, -0.1) is 12.3 Å². The summed E-state index contributed by atoms with van der Waals surface area (Å²) < 4.78 is 5.06. The minimum atomic E-state index is 0.854. The van der Waals surface area contributed by atoms with Gasteiger partial charge in [0.1, 0.15) is 5.75 Å². The van der Waals surface area contributed by atoms with Crippen molar-refractivity contribution in [3.63, 3.8) is 0 Å². The standard InChI is InChI=1S/C13H14O/c1-3-4-5-6-7-12-8-10-13(14-2)11-9-12/h3,5,7-11H,1,4H2,2H3. The lowest BCUT2D eigenvalue weighted by atomic mass is 10.2. The van der Waals surface area contributed by atoms with Gasteiger partial charge in [-0.3, -0.25) is 0 Å². The van der Waals surface area contributed by atoms with Crippen LogP contribution in [0.3, 0.4) is 0 Å². The van der Waals surface area contributed by atoms with Crippen LogP contribution in [-0.4, -0.2) is 7.11 Å². The van der Waals surface area contributed by atoms with Crippen LogP contribution >= 0.6 is 0 Å². The van der Waals surface area contributed by atoms with Crippen LogP contribution in [0, 0.1) is 0 Å². The van der Waals surface area contributed by atoms with Gasteiger partial charge in [-0.25, -0.2) is 0 Å². The van der Waals surface area contributed by atoms with Crippen LogP contribution in [0.1, 0.15) is 12.0 Å². The molecule has 0 aliphatic rings. The molecule has 1 aromatic rings. The Balaban J connectivity index is 2.68. The van der Waals surface area contributed by atoms with Crippen molar-refractivity contribution in [1.29, 1.82) is 0 Å². The summed E-state index contributed by atoms with van der Waals surface area (Å²) in [6.07, 6.45) is 6.57. The fraction of sp³-hybridized carbons (Fsp3) is 0.154. The maximum absolute atomic E-state index is 5.06. The number of rotatable bonds is 4. The normalized spacial score (nSPS) is 8.64. The zero-order chi connectivity index (χ0) is 10.2. The Morgan fingerprint density at radius 1 is 1.36 bits per heavy atom. The number of hydrogen-bond donors (Lipinski definition) is 0. The van der Waals surface area contributed by atoms with Crippen LogP contribution in [-0.2, 0) is 0 Å². The van der Waals surface area contributed by atoms with Crippen molar-refractivity contribution in [2.45, 2.75) is 6.42 Å². The Hall–Kier alpha value is -1.72. The molecular weight excluding hydrogens is 172 g/mol. The molecule has 0 aliphatic heterocycles. The highest BCUT2D eigenvalue weighted by atomic mass is 16.5. The molecular formula is C13H14O. The number of benzene rings is 1. The average molecular weight is 186 g/mol. The minimum absolute atomic E-state index is 0.854. The van der Waals surface area contributed by atoms with E-state index < -0.39 is 0 Å². The van der Waals surface area contributed by atoms with Gasteiger partial charge in [0.2, 0.25) is 0 Å². The molecule has 0 atom stereocenters. The van der Waals surface area contributed by atoms with Crippen molar-refractivity contribution >= 4 is 6.08 Å². The van der Waals surface area contributed by atoms with E-state index in [2.05, 4.69) is 12.3 Å². The number of allylic oxidation sites excluding steroid dienone is 2. The third-order valence-corrected chi connectivity index (χ3v) is 1.77. The molecule has 0 N–H and O–H groups in total. The lowest BCUT2D eigenvalue weighted by molar-refractivity contribution is 0.415. The van der Waals surface area contributed by atoms with Crippen LogP contribution in [0.5, 0.6) is 5.75 Å². The quantitative estimate of drug-likeness (QED) is 0.517. The van der Waals surface area contributed by atoms with E-state index in [1.54, 1.807) is 7.11 Å². The molecule has 1 heteroatoms. The van der Waals surface area contributed by atoms with E-state index in [9.17, 15) is 0 Å². The Bertz CT molecular complexity index is 340. The summed E-state index contributed by atoms with van der Waals surface area (Å²) in [6.45, 7) is 3.63. The number of methoxy groups -OCH3 is 1. The topological polar surface area (TPSA) is 9.23 Å². The molecule has 1 nitrogen and oxygen atoms in total. The smallest absolute Gasteiger partial charge is 0.118 e. The predicted molar refractivity (Wildman–Crippen MR) is 60.4 cm³/mol. The van der Waals surface area contributed by atoms with E-state index in [1.165, 1.54) is 0 Å². The Labute approximate surface area is 85.0 Å². The van der Waals surface area contributed by atoms with Gasteiger partial charge in [-0.05, 0) is 36.3 Å². The fourth-order valence-electron chi connectivity index (χ4n) is 1.01. The number of hydrogen-bond acceptors (Lipinski definition) is 1. The van der Waals surface area contributed by atoms with Crippen molar-refractivity contribution in [2.24, 2.45) is 0 Å². The molecule has 0 unspecified atom stereocenters. The van der Waals surface area contributed by atoms with E-state index in [4.69, 9.17) is 4.74 Å². The summed E-state index contributed by atoms with van der Waals surface area (Å²) in [5.74, 6) is 0.872. The van der Waals surface area contributed by atoms with E-state index >= 15 is 0 Å². The van der Waals surface area contributed by atoms with Crippen LogP contribution in [0.4, 0.5) is 0 Å². The first-order valence-electron chi connectivity index (χ1n) is 4.52. The summed E-state index contributed by atoms with van der Waals surface area (Å²) in [7, 11) is 1.66. The maximum Gasteiger partial charge on any atom is 0.118 e. The van der Waals surface area contributed by atoms with Crippen molar-refractivity contribution < 1.29 is 4.74 Å². The molecule has 0 bridgehead atoms. The van der Waals surface area contributed by atoms with E-state index in [0.717, 1.165) is 17.7 Å². The van der Waals surface area contributed by atoms with Crippen molar-refractivity contribution in [1.82, 2.24) is 0 Å². The second kappa shape index (κ2) is 5.85. The molecule has 72 valence electrons. The van der Waals surface area contributed by atoms with Gasteiger partial charge in [-0.2, -0.15) is 0 Å². The third kappa shape index (κ3) is 3.34. The lowest BCUT2D eigenvalue weighted by Gasteiger charge is -1.97. The summed E-state index contributed by atoms with van der Waals surface area (Å²) in [4.78, 5) is 0. The Morgan fingerprint density at radius 2 is 2.07 bits per heavy atom. The predicted octanol–water partition coefficient (Wildman–Crippen LogP) is 3.44. The minimum Gasteiger partial charge on any atom is -0.497 e. The second-order valence-corrected chi connectivity index (χ2v) is 2.81. The molecule has 0 aliphatic carbocycles. The highest BCUT2D eigenvalue weighted by molar-refractivity contribution is 5.49. The first kappa shape index (κ1) is 10.4. The van der Waals surface area contributed by atoms with Gasteiger partial charge in [0, 0.05) is 0 Å². The van der Waals surface area contributed by atoms with E-state index in [0.29, 0.717) is 0 Å². The Kier molecular flexibility index (Phi) is 4.33. The first-order valence-corrected chi connectivity index (χ1v) is 4.52. The van der Waals surface area contributed by atoms with Gasteiger partial charge in [-0.1, -0.05) is 18.2 Å². The van der Waals surface area contributed by atoms with Gasteiger partial charge < -0.3 is 4.74 Å².